The third kappa shape index (κ3) is 7.60. The van der Waals surface area contributed by atoms with Gasteiger partial charge >= 0.3 is 0 Å². The van der Waals surface area contributed by atoms with E-state index in [1.54, 1.807) is 0 Å². The third-order valence-electron chi connectivity index (χ3n) is 2.89. The molecule has 1 aromatic rings. The van der Waals surface area contributed by atoms with E-state index in [2.05, 4.69) is 50.6 Å². The predicted octanol–water partition coefficient (Wildman–Crippen LogP) is 6.40. The second-order valence-corrected chi connectivity index (χ2v) is 7.17. The standard InChI is InChI=1S/C17H20Br2/c1-2-3-4-5-9-12-16(17(18)19)14-13-15-10-7-6-8-11-15/h6-8,10-11H,2-5,9,12H2,1H3. The minimum Gasteiger partial charge on any atom is -0.0654 e. The maximum absolute atomic E-state index is 3.49. The number of hydrogen-bond acceptors (Lipinski definition) is 0. The molecule has 0 atom stereocenters. The van der Waals surface area contributed by atoms with Crippen molar-refractivity contribution in [3.63, 3.8) is 0 Å². The number of rotatable bonds is 6. The Hall–Kier alpha value is -0.520. The molecule has 2 heteroatoms. The van der Waals surface area contributed by atoms with Gasteiger partial charge in [0, 0.05) is 11.1 Å². The molecule has 0 unspecified atom stereocenters. The highest BCUT2D eigenvalue weighted by Gasteiger charge is 1.99. The largest absolute Gasteiger partial charge is 0.0719 e. The number of halogens is 2. The van der Waals surface area contributed by atoms with E-state index in [0.717, 1.165) is 20.9 Å². The highest BCUT2D eigenvalue weighted by atomic mass is 79.9. The Kier molecular flexibility index (Phi) is 8.95. The highest BCUT2D eigenvalue weighted by molar-refractivity contribution is 9.28. The van der Waals surface area contributed by atoms with E-state index in [4.69, 9.17) is 0 Å². The molecule has 0 aliphatic heterocycles. The molecule has 0 aliphatic carbocycles. The van der Waals surface area contributed by atoms with Gasteiger partial charge < -0.3 is 0 Å². The SMILES string of the molecule is CCCCCCCC(C#Cc1ccccc1)=C(Br)Br. The van der Waals surface area contributed by atoms with Crippen LogP contribution in [0.25, 0.3) is 0 Å². The molecule has 0 saturated heterocycles. The minimum atomic E-state index is 0.985. The van der Waals surface area contributed by atoms with Crippen LogP contribution in [-0.4, -0.2) is 0 Å². The van der Waals surface area contributed by atoms with E-state index in [1.165, 1.54) is 32.1 Å². The van der Waals surface area contributed by atoms with Crippen LogP contribution in [0.3, 0.4) is 0 Å². The van der Waals surface area contributed by atoms with Gasteiger partial charge in [0.2, 0.25) is 0 Å². The molecular formula is C17H20Br2. The Bertz CT molecular complexity index is 445. The summed E-state index contributed by atoms with van der Waals surface area (Å²) in [5.41, 5.74) is 2.22. The van der Waals surface area contributed by atoms with E-state index in [-0.39, 0.29) is 0 Å². The summed E-state index contributed by atoms with van der Waals surface area (Å²) in [6, 6.07) is 10.1. The van der Waals surface area contributed by atoms with Gasteiger partial charge in [-0.15, -0.1) is 0 Å². The van der Waals surface area contributed by atoms with Crippen molar-refractivity contribution >= 4 is 31.9 Å². The molecule has 0 spiro atoms. The Morgan fingerprint density at radius 1 is 1.00 bits per heavy atom. The first kappa shape index (κ1) is 16.5. The molecule has 0 aromatic heterocycles. The van der Waals surface area contributed by atoms with Crippen molar-refractivity contribution in [3.05, 3.63) is 44.9 Å². The summed E-state index contributed by atoms with van der Waals surface area (Å²) in [5, 5.41) is 0. The average Bonchev–Trinajstić information content (AvgIpc) is 2.42. The first-order chi connectivity index (χ1) is 9.24. The topological polar surface area (TPSA) is 0 Å². The zero-order valence-corrected chi connectivity index (χ0v) is 14.6. The Morgan fingerprint density at radius 3 is 2.32 bits per heavy atom. The van der Waals surface area contributed by atoms with Crippen LogP contribution in [0.4, 0.5) is 0 Å². The summed E-state index contributed by atoms with van der Waals surface area (Å²) in [5.74, 6) is 6.47. The van der Waals surface area contributed by atoms with Gasteiger partial charge in [-0.2, -0.15) is 0 Å². The molecule has 0 heterocycles. The Morgan fingerprint density at radius 2 is 1.68 bits per heavy atom. The number of benzene rings is 1. The van der Waals surface area contributed by atoms with Gasteiger partial charge in [0.15, 0.2) is 0 Å². The number of hydrogen-bond donors (Lipinski definition) is 0. The lowest BCUT2D eigenvalue weighted by molar-refractivity contribution is 0.634. The second-order valence-electron chi connectivity index (χ2n) is 4.52. The molecular weight excluding hydrogens is 364 g/mol. The Labute approximate surface area is 133 Å². The first-order valence-corrected chi connectivity index (χ1v) is 8.44. The quantitative estimate of drug-likeness (QED) is 0.393. The second kappa shape index (κ2) is 10.3. The summed E-state index contributed by atoms with van der Waals surface area (Å²) >= 11 is 6.98. The number of unbranched alkanes of at least 4 members (excludes halogenated alkanes) is 4. The van der Waals surface area contributed by atoms with Crippen LogP contribution in [0, 0.1) is 11.8 Å². The van der Waals surface area contributed by atoms with Gasteiger partial charge in [-0.3, -0.25) is 0 Å². The van der Waals surface area contributed by atoms with Gasteiger partial charge in [0.25, 0.3) is 0 Å². The molecule has 0 N–H and O–H groups in total. The van der Waals surface area contributed by atoms with E-state index < -0.39 is 0 Å². The van der Waals surface area contributed by atoms with Crippen LogP contribution in [0.2, 0.25) is 0 Å². The van der Waals surface area contributed by atoms with Gasteiger partial charge in [-0.1, -0.05) is 62.6 Å². The maximum atomic E-state index is 3.49. The first-order valence-electron chi connectivity index (χ1n) is 6.85. The molecule has 102 valence electrons. The lowest BCUT2D eigenvalue weighted by Crippen LogP contribution is -1.84. The van der Waals surface area contributed by atoms with E-state index in [9.17, 15) is 0 Å². The lowest BCUT2D eigenvalue weighted by atomic mass is 10.1. The van der Waals surface area contributed by atoms with Crippen LogP contribution in [-0.2, 0) is 0 Å². The van der Waals surface area contributed by atoms with Gasteiger partial charge in [-0.05, 0) is 56.8 Å². The predicted molar refractivity (Wildman–Crippen MR) is 91.6 cm³/mol. The molecule has 0 aliphatic rings. The van der Waals surface area contributed by atoms with Crippen molar-refractivity contribution in [2.75, 3.05) is 0 Å². The summed E-state index contributed by atoms with van der Waals surface area (Å²) in [6.45, 7) is 2.24. The van der Waals surface area contributed by atoms with Crippen molar-refractivity contribution in [2.24, 2.45) is 0 Å². The summed E-state index contributed by atoms with van der Waals surface area (Å²) < 4.78 is 0.985. The van der Waals surface area contributed by atoms with Crippen molar-refractivity contribution in [1.82, 2.24) is 0 Å². The van der Waals surface area contributed by atoms with Gasteiger partial charge in [0.1, 0.15) is 0 Å². The molecule has 0 saturated carbocycles. The molecule has 0 amide bonds. The summed E-state index contributed by atoms with van der Waals surface area (Å²) in [6.07, 6.45) is 7.49. The smallest absolute Gasteiger partial charge is 0.0654 e. The Balaban J connectivity index is 2.51. The normalized spacial score (nSPS) is 9.63. The fraction of sp³-hybridized carbons (Fsp3) is 0.412. The van der Waals surface area contributed by atoms with E-state index in [1.807, 2.05) is 30.3 Å². The van der Waals surface area contributed by atoms with Crippen LogP contribution >= 0.6 is 31.9 Å². The summed E-state index contributed by atoms with van der Waals surface area (Å²) in [7, 11) is 0. The average molecular weight is 384 g/mol. The highest BCUT2D eigenvalue weighted by Crippen LogP contribution is 2.23. The van der Waals surface area contributed by atoms with Crippen molar-refractivity contribution < 1.29 is 0 Å². The lowest BCUT2D eigenvalue weighted by Gasteiger charge is -2.01. The molecule has 0 bridgehead atoms. The molecule has 0 fully saturated rings. The fourth-order valence-electron chi connectivity index (χ4n) is 1.78. The van der Waals surface area contributed by atoms with Crippen molar-refractivity contribution in [2.45, 2.75) is 45.4 Å². The van der Waals surface area contributed by atoms with Crippen LogP contribution in [0.15, 0.2) is 39.3 Å². The third-order valence-corrected chi connectivity index (χ3v) is 3.85. The monoisotopic (exact) mass is 382 g/mol. The number of allylic oxidation sites excluding steroid dienone is 1. The molecule has 19 heavy (non-hydrogen) atoms. The zero-order chi connectivity index (χ0) is 13.9. The minimum absolute atomic E-state index is 0.985. The molecule has 0 nitrogen and oxygen atoms in total. The van der Waals surface area contributed by atoms with E-state index in [0.29, 0.717) is 0 Å². The van der Waals surface area contributed by atoms with E-state index >= 15 is 0 Å². The molecule has 0 radical (unpaired) electrons. The summed E-state index contributed by atoms with van der Waals surface area (Å²) in [4.78, 5) is 0. The maximum Gasteiger partial charge on any atom is 0.0719 e. The van der Waals surface area contributed by atoms with Crippen LogP contribution in [0.1, 0.15) is 51.0 Å². The zero-order valence-electron chi connectivity index (χ0n) is 11.4. The molecule has 1 aromatic carbocycles. The van der Waals surface area contributed by atoms with Crippen LogP contribution in [0.5, 0.6) is 0 Å². The van der Waals surface area contributed by atoms with Crippen LogP contribution < -0.4 is 0 Å². The van der Waals surface area contributed by atoms with Crippen molar-refractivity contribution in [3.8, 4) is 11.8 Å². The van der Waals surface area contributed by atoms with Crippen molar-refractivity contribution in [1.29, 1.82) is 0 Å². The van der Waals surface area contributed by atoms with Gasteiger partial charge in [-0.25, -0.2) is 0 Å². The fourth-order valence-corrected chi connectivity index (χ4v) is 2.37. The molecule has 1 rings (SSSR count). The van der Waals surface area contributed by atoms with Gasteiger partial charge in [0.05, 0.1) is 3.39 Å².